The van der Waals surface area contributed by atoms with E-state index in [0.717, 1.165) is 0 Å². The SMILES string of the molecule is O.O=c1[nH]c(=O)n([C@H]2C[C@H](O)[C@@H](COP(=O)(O)O)O2)cc1[N+](=O)[O-]. The van der Waals surface area contributed by atoms with Crippen LogP contribution in [0.1, 0.15) is 12.6 Å². The Hall–Kier alpha value is -1.93. The summed E-state index contributed by atoms with van der Waals surface area (Å²) in [5.41, 5.74) is -3.07. The van der Waals surface area contributed by atoms with E-state index in [0.29, 0.717) is 10.8 Å². The summed E-state index contributed by atoms with van der Waals surface area (Å²) in [6.45, 7) is -0.651. The fourth-order valence-electron chi connectivity index (χ4n) is 2.03. The third-order valence-corrected chi connectivity index (χ3v) is 3.55. The fourth-order valence-corrected chi connectivity index (χ4v) is 2.37. The molecule has 1 aromatic rings. The molecule has 1 aromatic heterocycles. The minimum Gasteiger partial charge on any atom is -0.412 e. The standard InChI is InChI=1S/C9H12N3O10P.H2O/c13-5-1-7(22-6(5)3-21-23(18,19)20)11-2-4(12(16)17)8(14)10-9(11)15;/h2,5-7,13H,1,3H2,(H,10,14,15)(H2,18,19,20);1H2/t5-,6+,7+;/m0./s1. The predicted octanol–water partition coefficient (Wildman–Crippen LogP) is -2.62. The number of H-pyrrole nitrogens is 1. The number of aliphatic hydroxyl groups excluding tert-OH is 1. The number of aromatic nitrogens is 2. The van der Waals surface area contributed by atoms with Gasteiger partial charge in [0.25, 0.3) is 0 Å². The van der Waals surface area contributed by atoms with Crippen LogP contribution in [0.4, 0.5) is 5.69 Å². The van der Waals surface area contributed by atoms with Crippen LogP contribution in [0.15, 0.2) is 15.8 Å². The number of phosphoric acid groups is 1. The number of ether oxygens (including phenoxy) is 1. The number of hydrogen-bond donors (Lipinski definition) is 4. The topological polar surface area (TPSA) is 226 Å². The van der Waals surface area contributed by atoms with Crippen molar-refractivity contribution in [1.82, 2.24) is 9.55 Å². The molecule has 1 aliphatic heterocycles. The van der Waals surface area contributed by atoms with Crippen LogP contribution >= 0.6 is 7.82 Å². The zero-order chi connectivity index (χ0) is 17.4. The van der Waals surface area contributed by atoms with E-state index < -0.39 is 54.7 Å². The van der Waals surface area contributed by atoms with E-state index in [1.807, 2.05) is 0 Å². The molecule has 0 radical (unpaired) electrons. The second kappa shape index (κ2) is 7.31. The second-order valence-corrected chi connectivity index (χ2v) is 5.90. The Labute approximate surface area is 132 Å². The average Bonchev–Trinajstić information content (AvgIpc) is 2.76. The molecule has 2 heterocycles. The first-order valence-corrected chi connectivity index (χ1v) is 7.65. The number of nitrogens with zero attached hydrogens (tertiary/aromatic N) is 2. The fraction of sp³-hybridized carbons (Fsp3) is 0.556. The Morgan fingerprint density at radius 3 is 2.67 bits per heavy atom. The maximum Gasteiger partial charge on any atom is 0.469 e. The highest BCUT2D eigenvalue weighted by atomic mass is 31.2. The molecule has 0 spiro atoms. The van der Waals surface area contributed by atoms with Gasteiger partial charge in [0.15, 0.2) is 0 Å². The molecule has 2 rings (SSSR count). The Morgan fingerprint density at radius 1 is 1.50 bits per heavy atom. The number of phosphoric ester groups is 1. The molecule has 1 fully saturated rings. The van der Waals surface area contributed by atoms with Gasteiger partial charge in [0.2, 0.25) is 0 Å². The summed E-state index contributed by atoms with van der Waals surface area (Å²) < 4.78 is 20.7. The Kier molecular flexibility index (Phi) is 6.13. The Balaban J connectivity index is 0.00000288. The predicted molar refractivity (Wildman–Crippen MR) is 74.1 cm³/mol. The highest BCUT2D eigenvalue weighted by Crippen LogP contribution is 2.38. The van der Waals surface area contributed by atoms with Crippen LogP contribution in [-0.4, -0.2) is 53.7 Å². The molecule has 0 unspecified atom stereocenters. The van der Waals surface area contributed by atoms with Gasteiger partial charge in [-0.2, -0.15) is 0 Å². The normalized spacial score (nSPS) is 23.7. The van der Waals surface area contributed by atoms with E-state index >= 15 is 0 Å². The second-order valence-electron chi connectivity index (χ2n) is 4.66. The zero-order valence-electron chi connectivity index (χ0n) is 11.8. The first kappa shape index (κ1) is 20.1. The number of rotatable bonds is 5. The van der Waals surface area contributed by atoms with Gasteiger partial charge in [0.1, 0.15) is 12.3 Å². The van der Waals surface area contributed by atoms with E-state index in [4.69, 9.17) is 14.5 Å². The van der Waals surface area contributed by atoms with Gasteiger partial charge < -0.3 is 25.1 Å². The van der Waals surface area contributed by atoms with Crippen molar-refractivity contribution < 1.29 is 39.1 Å². The van der Waals surface area contributed by atoms with Gasteiger partial charge in [-0.3, -0.25) is 29.0 Å². The van der Waals surface area contributed by atoms with E-state index in [9.17, 15) is 29.4 Å². The maximum atomic E-state index is 11.7. The minimum absolute atomic E-state index is 0. The van der Waals surface area contributed by atoms with Crippen molar-refractivity contribution in [2.45, 2.75) is 24.9 Å². The van der Waals surface area contributed by atoms with Gasteiger partial charge in [0.05, 0.1) is 23.8 Å². The molecule has 14 nitrogen and oxygen atoms in total. The van der Waals surface area contributed by atoms with Crippen LogP contribution in [0.2, 0.25) is 0 Å². The zero-order valence-corrected chi connectivity index (χ0v) is 12.7. The molecule has 1 aliphatic rings. The first-order valence-electron chi connectivity index (χ1n) is 6.12. The Bertz CT molecular complexity index is 767. The van der Waals surface area contributed by atoms with Crippen LogP contribution < -0.4 is 11.2 Å². The molecule has 6 N–H and O–H groups in total. The summed E-state index contributed by atoms with van der Waals surface area (Å²) in [5, 5.41) is 20.5. The van der Waals surface area contributed by atoms with Crippen molar-refractivity contribution in [2.75, 3.05) is 6.61 Å². The van der Waals surface area contributed by atoms with Gasteiger partial charge in [-0.25, -0.2) is 9.36 Å². The van der Waals surface area contributed by atoms with Gasteiger partial charge >= 0.3 is 24.8 Å². The summed E-state index contributed by atoms with van der Waals surface area (Å²) >= 11 is 0. The molecule has 15 heteroatoms. The van der Waals surface area contributed by atoms with Crippen LogP contribution in [0.25, 0.3) is 0 Å². The molecule has 24 heavy (non-hydrogen) atoms. The van der Waals surface area contributed by atoms with Gasteiger partial charge in [-0.15, -0.1) is 0 Å². The van der Waals surface area contributed by atoms with Crippen molar-refractivity contribution in [3.8, 4) is 0 Å². The van der Waals surface area contributed by atoms with E-state index in [2.05, 4.69) is 4.52 Å². The monoisotopic (exact) mass is 371 g/mol. The lowest BCUT2D eigenvalue weighted by molar-refractivity contribution is -0.387. The number of aliphatic hydroxyl groups is 1. The number of aromatic amines is 1. The number of nitrogens with one attached hydrogen (secondary N) is 1. The third-order valence-electron chi connectivity index (χ3n) is 3.07. The summed E-state index contributed by atoms with van der Waals surface area (Å²) in [6.07, 6.45) is -3.09. The molecular weight excluding hydrogens is 357 g/mol. The maximum absolute atomic E-state index is 11.7. The number of nitro groups is 1. The number of hydrogen-bond acceptors (Lipinski definition) is 8. The van der Waals surface area contributed by atoms with Crippen LogP contribution in [0.5, 0.6) is 0 Å². The summed E-state index contributed by atoms with van der Waals surface area (Å²) in [6, 6.07) is 0. The van der Waals surface area contributed by atoms with Crippen LogP contribution in [0.3, 0.4) is 0 Å². The van der Waals surface area contributed by atoms with Crippen molar-refractivity contribution in [1.29, 1.82) is 0 Å². The van der Waals surface area contributed by atoms with Crippen molar-refractivity contribution in [2.24, 2.45) is 0 Å². The molecule has 0 bridgehead atoms. The molecule has 3 atom stereocenters. The van der Waals surface area contributed by atoms with E-state index in [-0.39, 0.29) is 11.9 Å². The highest BCUT2D eigenvalue weighted by molar-refractivity contribution is 7.46. The Morgan fingerprint density at radius 2 is 2.12 bits per heavy atom. The molecule has 0 amide bonds. The van der Waals surface area contributed by atoms with Crippen molar-refractivity contribution in [3.05, 3.63) is 37.1 Å². The smallest absolute Gasteiger partial charge is 0.412 e. The van der Waals surface area contributed by atoms with Crippen LogP contribution in [-0.2, 0) is 13.8 Å². The van der Waals surface area contributed by atoms with Gasteiger partial charge in [-0.1, -0.05) is 0 Å². The molecule has 1 saturated heterocycles. The van der Waals surface area contributed by atoms with E-state index in [1.54, 1.807) is 4.98 Å². The average molecular weight is 371 g/mol. The largest absolute Gasteiger partial charge is 0.469 e. The lowest BCUT2D eigenvalue weighted by Gasteiger charge is -2.16. The quantitative estimate of drug-likeness (QED) is 0.239. The molecule has 0 aromatic carbocycles. The molecular formula is C9H14N3O11P. The van der Waals surface area contributed by atoms with Crippen LogP contribution in [0, 0.1) is 10.1 Å². The first-order chi connectivity index (χ1) is 10.6. The molecule has 0 saturated carbocycles. The molecule has 136 valence electrons. The third kappa shape index (κ3) is 4.55. The molecule has 0 aliphatic carbocycles. The summed E-state index contributed by atoms with van der Waals surface area (Å²) in [5.74, 6) is 0. The highest BCUT2D eigenvalue weighted by Gasteiger charge is 2.37. The van der Waals surface area contributed by atoms with Gasteiger partial charge in [-0.05, 0) is 0 Å². The van der Waals surface area contributed by atoms with E-state index in [1.165, 1.54) is 0 Å². The van der Waals surface area contributed by atoms with Crippen molar-refractivity contribution >= 4 is 13.5 Å². The lowest BCUT2D eigenvalue weighted by Crippen LogP contribution is -2.33. The van der Waals surface area contributed by atoms with Crippen molar-refractivity contribution in [3.63, 3.8) is 0 Å². The summed E-state index contributed by atoms with van der Waals surface area (Å²) in [4.78, 5) is 51.7. The lowest BCUT2D eigenvalue weighted by atomic mass is 10.2. The minimum atomic E-state index is -4.77. The summed E-state index contributed by atoms with van der Waals surface area (Å²) in [7, 11) is -4.77. The van der Waals surface area contributed by atoms with Gasteiger partial charge in [0, 0.05) is 6.42 Å².